The Morgan fingerprint density at radius 3 is 2.58 bits per heavy atom. The Morgan fingerprint density at radius 2 is 1.95 bits per heavy atom. The van der Waals surface area contributed by atoms with Gasteiger partial charge in [0.2, 0.25) is 0 Å². The molecule has 19 heavy (non-hydrogen) atoms. The molecule has 2 aromatic rings. The number of benzene rings is 2. The van der Waals surface area contributed by atoms with Gasteiger partial charge >= 0.3 is 0 Å². The average molecular weight is 256 g/mol. The fourth-order valence-corrected chi connectivity index (χ4v) is 1.77. The molecule has 4 heteroatoms. The SMILES string of the molecule is COc1ccc(CNC(=O)c2ccccc2)cc1N. The molecule has 3 N–H and O–H groups in total. The first kappa shape index (κ1) is 13.0. The number of amides is 1. The third-order valence-electron chi connectivity index (χ3n) is 2.78. The smallest absolute Gasteiger partial charge is 0.251 e. The molecule has 4 nitrogen and oxygen atoms in total. The minimum absolute atomic E-state index is 0.102. The van der Waals surface area contributed by atoms with Crippen molar-refractivity contribution in [2.75, 3.05) is 12.8 Å². The normalized spacial score (nSPS) is 9.95. The first-order valence-corrected chi connectivity index (χ1v) is 5.96. The van der Waals surface area contributed by atoms with Gasteiger partial charge in [0, 0.05) is 12.1 Å². The van der Waals surface area contributed by atoms with E-state index < -0.39 is 0 Å². The zero-order valence-corrected chi connectivity index (χ0v) is 10.7. The maximum Gasteiger partial charge on any atom is 0.251 e. The minimum atomic E-state index is -0.102. The summed E-state index contributed by atoms with van der Waals surface area (Å²) in [7, 11) is 1.57. The number of carbonyl (C=O) groups is 1. The lowest BCUT2D eigenvalue weighted by atomic mass is 10.1. The van der Waals surface area contributed by atoms with Crippen LogP contribution in [-0.2, 0) is 6.54 Å². The molecule has 0 aliphatic carbocycles. The number of methoxy groups -OCH3 is 1. The highest BCUT2D eigenvalue weighted by Crippen LogP contribution is 2.21. The van der Waals surface area contributed by atoms with Crippen LogP contribution in [0.4, 0.5) is 5.69 Å². The van der Waals surface area contributed by atoms with Gasteiger partial charge in [0.1, 0.15) is 5.75 Å². The fourth-order valence-electron chi connectivity index (χ4n) is 1.77. The standard InChI is InChI=1S/C15H16N2O2/c1-19-14-8-7-11(9-13(14)16)10-17-15(18)12-5-3-2-4-6-12/h2-9H,10,16H2,1H3,(H,17,18). The van der Waals surface area contributed by atoms with Crippen LogP contribution >= 0.6 is 0 Å². The molecule has 0 aliphatic heterocycles. The molecule has 0 bridgehead atoms. The second-order valence-electron chi connectivity index (χ2n) is 4.13. The van der Waals surface area contributed by atoms with Gasteiger partial charge in [0.25, 0.3) is 5.91 Å². The average Bonchev–Trinajstić information content (AvgIpc) is 2.46. The molecule has 1 amide bonds. The second kappa shape index (κ2) is 5.91. The highest BCUT2D eigenvalue weighted by atomic mass is 16.5. The van der Waals surface area contributed by atoms with Gasteiger partial charge in [0.15, 0.2) is 0 Å². The van der Waals surface area contributed by atoms with E-state index in [1.165, 1.54) is 0 Å². The van der Waals surface area contributed by atoms with Gasteiger partial charge in [-0.05, 0) is 29.8 Å². The molecule has 0 spiro atoms. The highest BCUT2D eigenvalue weighted by Gasteiger charge is 2.05. The summed E-state index contributed by atoms with van der Waals surface area (Å²) in [5.41, 5.74) is 7.95. The van der Waals surface area contributed by atoms with Gasteiger partial charge in [-0.1, -0.05) is 24.3 Å². The van der Waals surface area contributed by atoms with Crippen molar-refractivity contribution in [2.45, 2.75) is 6.54 Å². The van der Waals surface area contributed by atoms with Crippen LogP contribution in [0.2, 0.25) is 0 Å². The number of ether oxygens (including phenoxy) is 1. The van der Waals surface area contributed by atoms with Crippen LogP contribution in [0, 0.1) is 0 Å². The first-order valence-electron chi connectivity index (χ1n) is 5.96. The Balaban J connectivity index is 1.99. The van der Waals surface area contributed by atoms with Crippen LogP contribution in [0.5, 0.6) is 5.75 Å². The van der Waals surface area contributed by atoms with Crippen molar-refractivity contribution in [2.24, 2.45) is 0 Å². The van der Waals surface area contributed by atoms with Crippen molar-refractivity contribution < 1.29 is 9.53 Å². The molecule has 0 unspecified atom stereocenters. The van der Waals surface area contributed by atoms with Gasteiger partial charge in [-0.15, -0.1) is 0 Å². The summed E-state index contributed by atoms with van der Waals surface area (Å²) >= 11 is 0. The van der Waals surface area contributed by atoms with E-state index in [1.807, 2.05) is 24.3 Å². The number of nitrogens with one attached hydrogen (secondary N) is 1. The van der Waals surface area contributed by atoms with E-state index >= 15 is 0 Å². The summed E-state index contributed by atoms with van der Waals surface area (Å²) in [6.45, 7) is 0.432. The lowest BCUT2D eigenvalue weighted by molar-refractivity contribution is 0.0951. The number of nitrogen functional groups attached to an aromatic ring is 1. The Labute approximate surface area is 112 Å². The van der Waals surface area contributed by atoms with Gasteiger partial charge in [-0.3, -0.25) is 4.79 Å². The summed E-state index contributed by atoms with van der Waals surface area (Å²) in [6, 6.07) is 14.6. The van der Waals surface area contributed by atoms with Gasteiger partial charge < -0.3 is 15.8 Å². The molecular weight excluding hydrogens is 240 g/mol. The van der Waals surface area contributed by atoms with E-state index in [0.29, 0.717) is 23.5 Å². The predicted molar refractivity (Wildman–Crippen MR) is 75.0 cm³/mol. The zero-order valence-electron chi connectivity index (χ0n) is 10.7. The molecule has 0 saturated heterocycles. The zero-order chi connectivity index (χ0) is 13.7. The number of carbonyl (C=O) groups excluding carboxylic acids is 1. The van der Waals surface area contributed by atoms with Crippen molar-refractivity contribution >= 4 is 11.6 Å². The van der Waals surface area contributed by atoms with Crippen molar-refractivity contribution in [3.05, 3.63) is 59.7 Å². The Bertz CT molecular complexity index is 568. The van der Waals surface area contributed by atoms with Gasteiger partial charge in [-0.25, -0.2) is 0 Å². The third kappa shape index (κ3) is 3.25. The van der Waals surface area contributed by atoms with E-state index in [1.54, 1.807) is 31.4 Å². The summed E-state index contributed by atoms with van der Waals surface area (Å²) in [4.78, 5) is 11.9. The fraction of sp³-hybridized carbons (Fsp3) is 0.133. The van der Waals surface area contributed by atoms with Crippen molar-refractivity contribution in [3.63, 3.8) is 0 Å². The Kier molecular flexibility index (Phi) is 4.03. The van der Waals surface area contributed by atoms with E-state index in [9.17, 15) is 4.79 Å². The monoisotopic (exact) mass is 256 g/mol. The van der Waals surface area contributed by atoms with E-state index in [4.69, 9.17) is 10.5 Å². The lowest BCUT2D eigenvalue weighted by Crippen LogP contribution is -2.22. The molecule has 0 heterocycles. The largest absolute Gasteiger partial charge is 0.495 e. The quantitative estimate of drug-likeness (QED) is 0.824. The second-order valence-corrected chi connectivity index (χ2v) is 4.13. The van der Waals surface area contributed by atoms with Crippen molar-refractivity contribution in [1.82, 2.24) is 5.32 Å². The van der Waals surface area contributed by atoms with Crippen LogP contribution < -0.4 is 15.8 Å². The van der Waals surface area contributed by atoms with Gasteiger partial charge in [0.05, 0.1) is 12.8 Å². The number of rotatable bonds is 4. The molecule has 98 valence electrons. The third-order valence-corrected chi connectivity index (χ3v) is 2.78. The molecule has 2 rings (SSSR count). The van der Waals surface area contributed by atoms with Crippen molar-refractivity contribution in [3.8, 4) is 5.75 Å². The van der Waals surface area contributed by atoms with E-state index in [0.717, 1.165) is 5.56 Å². The predicted octanol–water partition coefficient (Wildman–Crippen LogP) is 2.21. The highest BCUT2D eigenvalue weighted by molar-refractivity contribution is 5.94. The van der Waals surface area contributed by atoms with Crippen molar-refractivity contribution in [1.29, 1.82) is 0 Å². The summed E-state index contributed by atoms with van der Waals surface area (Å²) in [6.07, 6.45) is 0. The maximum absolute atomic E-state index is 11.9. The molecule has 0 aliphatic rings. The Hall–Kier alpha value is -2.49. The van der Waals surface area contributed by atoms with E-state index in [2.05, 4.69) is 5.32 Å². The summed E-state index contributed by atoms with van der Waals surface area (Å²) in [5, 5.41) is 2.84. The number of hydrogen-bond acceptors (Lipinski definition) is 3. The van der Waals surface area contributed by atoms with Gasteiger partial charge in [-0.2, -0.15) is 0 Å². The molecule has 0 fully saturated rings. The lowest BCUT2D eigenvalue weighted by Gasteiger charge is -2.08. The maximum atomic E-state index is 11.9. The van der Waals surface area contributed by atoms with Crippen LogP contribution in [0.15, 0.2) is 48.5 Å². The summed E-state index contributed by atoms with van der Waals surface area (Å²) < 4.78 is 5.08. The van der Waals surface area contributed by atoms with E-state index in [-0.39, 0.29) is 5.91 Å². The molecular formula is C15H16N2O2. The first-order chi connectivity index (χ1) is 9.20. The number of anilines is 1. The topological polar surface area (TPSA) is 64.3 Å². The molecule has 0 aromatic heterocycles. The number of hydrogen-bond donors (Lipinski definition) is 2. The van der Waals surface area contributed by atoms with Crippen LogP contribution in [0.25, 0.3) is 0 Å². The molecule has 0 atom stereocenters. The minimum Gasteiger partial charge on any atom is -0.495 e. The molecule has 0 radical (unpaired) electrons. The summed E-state index contributed by atoms with van der Waals surface area (Å²) in [5.74, 6) is 0.535. The van der Waals surface area contributed by atoms with Crippen LogP contribution in [0.1, 0.15) is 15.9 Å². The molecule has 0 saturated carbocycles. The Morgan fingerprint density at radius 1 is 1.21 bits per heavy atom. The molecule has 2 aromatic carbocycles. The van der Waals surface area contributed by atoms with Crippen LogP contribution in [-0.4, -0.2) is 13.0 Å². The van der Waals surface area contributed by atoms with Crippen LogP contribution in [0.3, 0.4) is 0 Å². The number of nitrogens with two attached hydrogens (primary N) is 1.